The van der Waals surface area contributed by atoms with Crippen LogP contribution in [0.2, 0.25) is 0 Å². The Kier molecular flexibility index (Phi) is 5.88. The predicted molar refractivity (Wildman–Crippen MR) is 128 cm³/mol. The van der Waals surface area contributed by atoms with E-state index in [0.29, 0.717) is 17.2 Å². The molecule has 4 nitrogen and oxygen atoms in total. The zero-order valence-electron chi connectivity index (χ0n) is 16.7. The van der Waals surface area contributed by atoms with Crippen molar-refractivity contribution in [1.29, 1.82) is 0 Å². The third-order valence-corrected chi connectivity index (χ3v) is 6.28. The van der Waals surface area contributed by atoms with E-state index in [1.54, 1.807) is 17.4 Å². The molecule has 0 fully saturated rings. The minimum atomic E-state index is -0.207. The Morgan fingerprint density at radius 2 is 1.77 bits per heavy atom. The van der Waals surface area contributed by atoms with Crippen LogP contribution in [0.1, 0.15) is 27.0 Å². The summed E-state index contributed by atoms with van der Waals surface area (Å²) in [6.45, 7) is 4.54. The van der Waals surface area contributed by atoms with Gasteiger partial charge in [-0.1, -0.05) is 42.5 Å². The largest absolute Gasteiger partial charge is 0.358 e. The molecule has 0 saturated heterocycles. The van der Waals surface area contributed by atoms with Gasteiger partial charge >= 0.3 is 0 Å². The fraction of sp³-hybridized carbons (Fsp3) is 0.125. The minimum absolute atomic E-state index is 0.207. The number of nitrogens with one attached hydrogen (secondary N) is 2. The van der Waals surface area contributed by atoms with Crippen molar-refractivity contribution in [2.45, 2.75) is 20.4 Å². The first-order valence-corrected chi connectivity index (χ1v) is 10.8. The van der Waals surface area contributed by atoms with Crippen molar-refractivity contribution in [2.24, 2.45) is 0 Å². The molecule has 4 aromatic rings. The highest BCUT2D eigenvalue weighted by molar-refractivity contribution is 7.80. The average Bonchev–Trinajstić information content (AvgIpc) is 3.19. The molecular weight excluding hydrogens is 410 g/mol. The van der Waals surface area contributed by atoms with Crippen molar-refractivity contribution < 1.29 is 4.79 Å². The van der Waals surface area contributed by atoms with Crippen molar-refractivity contribution in [2.75, 3.05) is 0 Å². The van der Waals surface area contributed by atoms with E-state index in [1.807, 2.05) is 56.3 Å². The lowest BCUT2D eigenvalue weighted by molar-refractivity contribution is 0.0976. The Labute approximate surface area is 185 Å². The first-order chi connectivity index (χ1) is 14.5. The number of carbonyl (C=O) groups excluding carboxylic acids is 1. The van der Waals surface area contributed by atoms with E-state index < -0.39 is 0 Å². The third-order valence-electron chi connectivity index (χ3n) is 4.94. The summed E-state index contributed by atoms with van der Waals surface area (Å²) in [7, 11) is 0. The second-order valence-corrected chi connectivity index (χ2v) is 8.56. The highest BCUT2D eigenvalue weighted by Gasteiger charge is 2.09. The van der Waals surface area contributed by atoms with Crippen LogP contribution in [0, 0.1) is 13.8 Å². The third kappa shape index (κ3) is 4.56. The molecule has 0 spiro atoms. The van der Waals surface area contributed by atoms with Crippen LogP contribution in [-0.4, -0.2) is 16.0 Å². The zero-order chi connectivity index (χ0) is 21.1. The lowest BCUT2D eigenvalue weighted by Gasteiger charge is -2.11. The molecule has 0 bridgehead atoms. The molecule has 2 N–H and O–H groups in total. The number of hydrogen-bond acceptors (Lipinski definition) is 4. The zero-order valence-corrected chi connectivity index (χ0v) is 18.4. The second kappa shape index (κ2) is 8.73. The maximum Gasteiger partial charge on any atom is 0.257 e. The molecule has 4 rings (SSSR count). The van der Waals surface area contributed by atoms with Crippen LogP contribution in [0.15, 0.2) is 66.7 Å². The van der Waals surface area contributed by atoms with Gasteiger partial charge in [-0.3, -0.25) is 10.1 Å². The minimum Gasteiger partial charge on any atom is -0.358 e. The van der Waals surface area contributed by atoms with Gasteiger partial charge in [-0.05, 0) is 67.0 Å². The lowest BCUT2D eigenvalue weighted by atomic mass is 10.1. The van der Waals surface area contributed by atoms with E-state index in [2.05, 4.69) is 28.8 Å². The summed E-state index contributed by atoms with van der Waals surface area (Å²) in [6, 6.07) is 22.0. The summed E-state index contributed by atoms with van der Waals surface area (Å²) < 4.78 is 1.18. The maximum atomic E-state index is 12.4. The smallest absolute Gasteiger partial charge is 0.257 e. The number of thiazole rings is 1. The first-order valence-electron chi connectivity index (χ1n) is 9.61. The molecule has 0 aliphatic carbocycles. The van der Waals surface area contributed by atoms with E-state index in [-0.39, 0.29) is 5.91 Å². The fourth-order valence-corrected chi connectivity index (χ4v) is 4.18. The summed E-state index contributed by atoms with van der Waals surface area (Å²) in [5.41, 5.74) is 6.01. The summed E-state index contributed by atoms with van der Waals surface area (Å²) in [6.07, 6.45) is 0. The first kappa shape index (κ1) is 20.2. The number of rotatable bonds is 4. The second-order valence-electron chi connectivity index (χ2n) is 7.12. The molecular formula is C24H21N3OS2. The molecule has 0 aliphatic heterocycles. The summed E-state index contributed by atoms with van der Waals surface area (Å²) in [5, 5.41) is 7.15. The number of fused-ring (bicyclic) bond motifs is 1. The van der Waals surface area contributed by atoms with E-state index >= 15 is 0 Å². The molecule has 150 valence electrons. The van der Waals surface area contributed by atoms with Gasteiger partial charge in [-0.2, -0.15) is 0 Å². The topological polar surface area (TPSA) is 54.0 Å². The standard InChI is InChI=1S/C24H21N3OS2/c1-15-7-10-19(13-16(15)2)22(28)27-24(29)25-14-17-8-11-18(12-9-17)23-26-20-5-3-4-6-21(20)30-23/h3-13H,14H2,1-2H3,(H2,25,27,28,29). The van der Waals surface area contributed by atoms with Crippen molar-refractivity contribution in [1.82, 2.24) is 15.6 Å². The van der Waals surface area contributed by atoms with Gasteiger partial charge in [0.05, 0.1) is 10.2 Å². The van der Waals surface area contributed by atoms with Crippen LogP contribution in [0.5, 0.6) is 0 Å². The molecule has 0 radical (unpaired) electrons. The van der Waals surface area contributed by atoms with E-state index in [9.17, 15) is 4.79 Å². The van der Waals surface area contributed by atoms with Gasteiger partial charge in [0.1, 0.15) is 5.01 Å². The summed E-state index contributed by atoms with van der Waals surface area (Å²) in [4.78, 5) is 17.1. The van der Waals surface area contributed by atoms with Gasteiger partial charge in [-0.15, -0.1) is 11.3 Å². The predicted octanol–water partition coefficient (Wildman–Crippen LogP) is 5.38. The van der Waals surface area contributed by atoms with Gasteiger partial charge < -0.3 is 5.32 Å². The highest BCUT2D eigenvalue weighted by Crippen LogP contribution is 2.29. The van der Waals surface area contributed by atoms with Crippen LogP contribution in [-0.2, 0) is 6.54 Å². The average molecular weight is 432 g/mol. The van der Waals surface area contributed by atoms with Crippen LogP contribution in [0.25, 0.3) is 20.8 Å². The summed E-state index contributed by atoms with van der Waals surface area (Å²) in [5.74, 6) is -0.207. The molecule has 0 saturated carbocycles. The molecule has 1 aromatic heterocycles. The van der Waals surface area contributed by atoms with Crippen molar-refractivity contribution >= 4 is 44.8 Å². The monoisotopic (exact) mass is 431 g/mol. The number of amides is 1. The SMILES string of the molecule is Cc1ccc(C(=O)NC(=S)NCc2ccc(-c3nc4ccccc4s3)cc2)cc1C. The molecule has 1 amide bonds. The van der Waals surface area contributed by atoms with Gasteiger partial charge in [0.15, 0.2) is 5.11 Å². The Balaban J connectivity index is 1.35. The Morgan fingerprint density at radius 3 is 2.50 bits per heavy atom. The van der Waals surface area contributed by atoms with Gasteiger partial charge in [0.25, 0.3) is 5.91 Å². The van der Waals surface area contributed by atoms with Crippen LogP contribution in [0.4, 0.5) is 0 Å². The number of para-hydroxylation sites is 1. The molecule has 1 heterocycles. The Hall–Kier alpha value is -3.09. The van der Waals surface area contributed by atoms with Crippen molar-refractivity contribution in [3.63, 3.8) is 0 Å². The van der Waals surface area contributed by atoms with E-state index in [0.717, 1.165) is 32.8 Å². The molecule has 0 unspecified atom stereocenters. The molecule has 0 aliphatic rings. The van der Waals surface area contributed by atoms with Crippen molar-refractivity contribution in [3.8, 4) is 10.6 Å². The van der Waals surface area contributed by atoms with Crippen LogP contribution < -0.4 is 10.6 Å². The quantitative estimate of drug-likeness (QED) is 0.426. The number of carbonyl (C=O) groups is 1. The lowest BCUT2D eigenvalue weighted by Crippen LogP contribution is -2.38. The normalized spacial score (nSPS) is 10.7. The van der Waals surface area contributed by atoms with Crippen molar-refractivity contribution in [3.05, 3.63) is 89.0 Å². The highest BCUT2D eigenvalue weighted by atomic mass is 32.1. The van der Waals surface area contributed by atoms with Gasteiger partial charge in [0.2, 0.25) is 0 Å². The fourth-order valence-electron chi connectivity index (χ4n) is 3.05. The molecule has 6 heteroatoms. The number of aryl methyl sites for hydroxylation is 2. The molecule has 3 aromatic carbocycles. The van der Waals surface area contributed by atoms with E-state index in [1.165, 1.54) is 4.70 Å². The van der Waals surface area contributed by atoms with E-state index in [4.69, 9.17) is 17.2 Å². The van der Waals surface area contributed by atoms with Gasteiger partial charge in [-0.25, -0.2) is 4.98 Å². The Morgan fingerprint density at radius 1 is 1.00 bits per heavy atom. The maximum absolute atomic E-state index is 12.4. The number of hydrogen-bond donors (Lipinski definition) is 2. The number of aromatic nitrogens is 1. The van der Waals surface area contributed by atoms with Crippen LogP contribution >= 0.6 is 23.6 Å². The Bertz CT molecular complexity index is 1200. The number of benzene rings is 3. The summed E-state index contributed by atoms with van der Waals surface area (Å²) >= 11 is 6.96. The van der Waals surface area contributed by atoms with Crippen LogP contribution in [0.3, 0.4) is 0 Å². The molecule has 30 heavy (non-hydrogen) atoms. The van der Waals surface area contributed by atoms with Gasteiger partial charge in [0, 0.05) is 17.7 Å². The molecule has 0 atom stereocenters. The number of thiocarbonyl (C=S) groups is 1. The number of nitrogens with zero attached hydrogens (tertiary/aromatic N) is 1.